The van der Waals surface area contributed by atoms with Crippen LogP contribution in [0.4, 0.5) is 5.69 Å². The molecule has 0 aromatic heterocycles. The molecule has 1 saturated carbocycles. The molecule has 0 spiro atoms. The maximum atomic E-state index is 12.4. The summed E-state index contributed by atoms with van der Waals surface area (Å²) < 4.78 is 5.78. The molecule has 4 nitrogen and oxygen atoms in total. The highest BCUT2D eigenvalue weighted by molar-refractivity contribution is 6.01. The fourth-order valence-corrected chi connectivity index (χ4v) is 2.57. The smallest absolute Gasteiger partial charge is 0.230 e. The van der Waals surface area contributed by atoms with Crippen molar-refractivity contribution in [3.05, 3.63) is 23.8 Å². The van der Waals surface area contributed by atoms with Gasteiger partial charge in [0.05, 0.1) is 12.2 Å². The van der Waals surface area contributed by atoms with E-state index in [2.05, 4.69) is 0 Å². The Labute approximate surface area is 118 Å². The zero-order valence-electron chi connectivity index (χ0n) is 11.9. The molecule has 1 aromatic rings. The average Bonchev–Trinajstić information content (AvgIpc) is 3.29. The Kier molecular flexibility index (Phi) is 3.24. The third-order valence-corrected chi connectivity index (χ3v) is 3.85. The van der Waals surface area contributed by atoms with Crippen molar-refractivity contribution >= 4 is 17.4 Å². The van der Waals surface area contributed by atoms with Gasteiger partial charge < -0.3 is 9.64 Å². The number of amides is 1. The number of nitrogens with zero attached hydrogens (tertiary/aromatic N) is 1. The van der Waals surface area contributed by atoms with Gasteiger partial charge in [-0.25, -0.2) is 0 Å². The molecular weight excluding hydrogens is 254 g/mol. The highest BCUT2D eigenvalue weighted by Gasteiger charge is 2.37. The Balaban J connectivity index is 1.99. The summed E-state index contributed by atoms with van der Waals surface area (Å²) in [5, 5.41) is 0. The van der Waals surface area contributed by atoms with E-state index in [0.29, 0.717) is 24.3 Å². The van der Waals surface area contributed by atoms with Crippen molar-refractivity contribution in [2.24, 2.45) is 5.92 Å². The molecule has 1 fully saturated rings. The lowest BCUT2D eigenvalue weighted by molar-refractivity contribution is -0.120. The minimum absolute atomic E-state index is 0.0158. The van der Waals surface area contributed by atoms with Crippen LogP contribution in [0.5, 0.6) is 5.75 Å². The third kappa shape index (κ3) is 2.30. The molecule has 3 rings (SSSR count). The third-order valence-electron chi connectivity index (χ3n) is 3.85. The first-order valence-electron chi connectivity index (χ1n) is 7.25. The first-order valence-corrected chi connectivity index (χ1v) is 7.25. The lowest BCUT2D eigenvalue weighted by Gasteiger charge is -2.33. The number of hydrogen-bond donors (Lipinski definition) is 0. The molecule has 1 unspecified atom stereocenters. The number of Topliss-reactive ketones (excluding diaryl/α,β-unsaturated/α-hetero) is 1. The van der Waals surface area contributed by atoms with Crippen molar-refractivity contribution in [3.8, 4) is 5.75 Å². The second kappa shape index (κ2) is 4.93. The van der Waals surface area contributed by atoms with Crippen LogP contribution in [0.1, 0.15) is 43.5 Å². The number of benzene rings is 1. The Morgan fingerprint density at radius 2 is 2.10 bits per heavy atom. The summed E-state index contributed by atoms with van der Waals surface area (Å²) in [5.74, 6) is 1.12. The zero-order chi connectivity index (χ0) is 14.3. The number of rotatable bonds is 3. The van der Waals surface area contributed by atoms with Gasteiger partial charge in [0.15, 0.2) is 5.78 Å². The van der Waals surface area contributed by atoms with Crippen molar-refractivity contribution in [2.45, 2.75) is 39.2 Å². The monoisotopic (exact) mass is 273 g/mol. The van der Waals surface area contributed by atoms with Gasteiger partial charge in [-0.2, -0.15) is 0 Å². The summed E-state index contributed by atoms with van der Waals surface area (Å²) in [4.78, 5) is 26.0. The predicted octanol–water partition coefficient (Wildman–Crippen LogP) is 2.80. The fraction of sp³-hybridized carbons (Fsp3) is 0.500. The number of ketones is 1. The number of ether oxygens (including phenoxy) is 1. The van der Waals surface area contributed by atoms with E-state index in [1.807, 2.05) is 13.8 Å². The first-order chi connectivity index (χ1) is 9.60. The number of hydrogen-bond acceptors (Lipinski definition) is 3. The van der Waals surface area contributed by atoms with Crippen molar-refractivity contribution in [3.63, 3.8) is 0 Å². The van der Waals surface area contributed by atoms with Crippen molar-refractivity contribution in [1.29, 1.82) is 0 Å². The van der Waals surface area contributed by atoms with Gasteiger partial charge in [-0.3, -0.25) is 9.59 Å². The molecule has 1 heterocycles. The molecule has 4 heteroatoms. The fourth-order valence-electron chi connectivity index (χ4n) is 2.57. The van der Waals surface area contributed by atoms with Crippen LogP contribution >= 0.6 is 0 Å². The van der Waals surface area contributed by atoms with E-state index in [9.17, 15) is 9.59 Å². The van der Waals surface area contributed by atoms with Gasteiger partial charge >= 0.3 is 0 Å². The maximum Gasteiger partial charge on any atom is 0.230 e. The molecule has 0 saturated heterocycles. The van der Waals surface area contributed by atoms with E-state index >= 15 is 0 Å². The van der Waals surface area contributed by atoms with Gasteiger partial charge in [0.25, 0.3) is 0 Å². The molecule has 2 aliphatic rings. The van der Waals surface area contributed by atoms with Crippen molar-refractivity contribution in [1.82, 2.24) is 0 Å². The molecule has 0 radical (unpaired) electrons. The molecule has 20 heavy (non-hydrogen) atoms. The molecule has 0 N–H and O–H groups in total. The van der Waals surface area contributed by atoms with Gasteiger partial charge in [-0.05, 0) is 38.0 Å². The van der Waals surface area contributed by atoms with Gasteiger partial charge in [0, 0.05) is 17.9 Å². The van der Waals surface area contributed by atoms with Crippen LogP contribution in [-0.4, -0.2) is 24.3 Å². The van der Waals surface area contributed by atoms with Crippen LogP contribution < -0.4 is 9.64 Å². The number of carbonyl (C=O) groups is 2. The van der Waals surface area contributed by atoms with Crippen molar-refractivity contribution < 1.29 is 14.3 Å². The standard InChI is InChI=1S/C16H19NO3/c1-3-14(18)12-6-7-15-13(8-12)17(9-10(2)20-15)16(19)11-4-5-11/h6-8,10-11H,3-5,9H2,1-2H3. The summed E-state index contributed by atoms with van der Waals surface area (Å²) in [6.45, 7) is 4.36. The lowest BCUT2D eigenvalue weighted by Crippen LogP contribution is -2.43. The summed E-state index contributed by atoms with van der Waals surface area (Å²) in [6, 6.07) is 5.39. The van der Waals surface area contributed by atoms with E-state index < -0.39 is 0 Å². The number of carbonyl (C=O) groups excluding carboxylic acids is 2. The molecule has 1 aliphatic heterocycles. The second-order valence-corrected chi connectivity index (χ2v) is 5.61. The molecule has 1 aliphatic carbocycles. The minimum Gasteiger partial charge on any atom is -0.487 e. The SMILES string of the molecule is CCC(=O)c1ccc2c(c1)N(C(=O)C1CC1)CC(C)O2. The molecule has 0 bridgehead atoms. The highest BCUT2D eigenvalue weighted by Crippen LogP contribution is 2.39. The molecular formula is C16H19NO3. The molecule has 1 amide bonds. The Morgan fingerprint density at radius 3 is 2.75 bits per heavy atom. The maximum absolute atomic E-state index is 12.4. The quantitative estimate of drug-likeness (QED) is 0.796. The molecule has 1 atom stereocenters. The molecule has 1 aromatic carbocycles. The summed E-state index contributed by atoms with van der Waals surface area (Å²) in [5.41, 5.74) is 1.40. The topological polar surface area (TPSA) is 46.6 Å². The van der Waals surface area contributed by atoms with Crippen LogP contribution in [0.15, 0.2) is 18.2 Å². The van der Waals surface area contributed by atoms with Crippen LogP contribution in [-0.2, 0) is 4.79 Å². The second-order valence-electron chi connectivity index (χ2n) is 5.61. The zero-order valence-corrected chi connectivity index (χ0v) is 11.9. The normalized spacial score (nSPS) is 21.1. The van der Waals surface area contributed by atoms with Gasteiger partial charge in [0.1, 0.15) is 11.9 Å². The summed E-state index contributed by atoms with van der Waals surface area (Å²) >= 11 is 0. The Morgan fingerprint density at radius 1 is 1.35 bits per heavy atom. The van der Waals surface area contributed by atoms with E-state index in [-0.39, 0.29) is 23.7 Å². The lowest BCUT2D eigenvalue weighted by atomic mass is 10.1. The van der Waals surface area contributed by atoms with E-state index in [4.69, 9.17) is 4.74 Å². The summed E-state index contributed by atoms with van der Waals surface area (Å²) in [7, 11) is 0. The van der Waals surface area contributed by atoms with E-state index in [1.54, 1.807) is 23.1 Å². The van der Waals surface area contributed by atoms with Crippen LogP contribution in [0.2, 0.25) is 0 Å². The number of anilines is 1. The minimum atomic E-state index is -0.0158. The van der Waals surface area contributed by atoms with E-state index in [0.717, 1.165) is 18.5 Å². The van der Waals surface area contributed by atoms with Crippen LogP contribution in [0.25, 0.3) is 0 Å². The summed E-state index contributed by atoms with van der Waals surface area (Å²) in [6.07, 6.45) is 2.41. The number of fused-ring (bicyclic) bond motifs is 1. The predicted molar refractivity (Wildman–Crippen MR) is 76.2 cm³/mol. The Bertz CT molecular complexity index is 563. The van der Waals surface area contributed by atoms with E-state index in [1.165, 1.54) is 0 Å². The first kappa shape index (κ1) is 13.2. The van der Waals surface area contributed by atoms with Gasteiger partial charge in [-0.15, -0.1) is 0 Å². The molecule has 106 valence electrons. The van der Waals surface area contributed by atoms with Crippen LogP contribution in [0, 0.1) is 5.92 Å². The van der Waals surface area contributed by atoms with Crippen LogP contribution in [0.3, 0.4) is 0 Å². The van der Waals surface area contributed by atoms with Gasteiger partial charge in [-0.1, -0.05) is 6.92 Å². The average molecular weight is 273 g/mol. The van der Waals surface area contributed by atoms with Gasteiger partial charge in [0.2, 0.25) is 5.91 Å². The Hall–Kier alpha value is -1.84. The van der Waals surface area contributed by atoms with Crippen molar-refractivity contribution in [2.75, 3.05) is 11.4 Å². The highest BCUT2D eigenvalue weighted by atomic mass is 16.5. The largest absolute Gasteiger partial charge is 0.487 e.